The van der Waals surface area contributed by atoms with E-state index in [1.165, 1.54) is 51.5 Å². The lowest BCUT2D eigenvalue weighted by molar-refractivity contribution is 0.102. The molecule has 0 radical (unpaired) electrons. The van der Waals surface area contributed by atoms with Gasteiger partial charge in [-0.05, 0) is 56.5 Å². The van der Waals surface area contributed by atoms with Crippen LogP contribution in [0.2, 0.25) is 0 Å². The number of nitrogens with one attached hydrogen (secondary N) is 1. The number of likely N-dealkylation sites (N-methyl/N-ethyl adjacent to an activating group) is 1. The van der Waals surface area contributed by atoms with E-state index in [0.717, 1.165) is 24.5 Å². The maximum Gasteiger partial charge on any atom is 0.0274 e. The Labute approximate surface area is 119 Å². The fraction of sp³-hybridized carbons (Fsp3) is 1.00. The summed E-state index contributed by atoms with van der Waals surface area (Å²) >= 11 is 0. The topological polar surface area (TPSA) is 15.3 Å². The molecule has 2 aliphatic carbocycles. The predicted octanol–water partition coefficient (Wildman–Crippen LogP) is 3.42. The van der Waals surface area contributed by atoms with Gasteiger partial charge in [-0.2, -0.15) is 0 Å². The molecule has 4 unspecified atom stereocenters. The molecule has 1 N–H and O–H groups in total. The van der Waals surface area contributed by atoms with Crippen LogP contribution < -0.4 is 5.32 Å². The summed E-state index contributed by atoms with van der Waals surface area (Å²) in [5.41, 5.74) is 0.480. The van der Waals surface area contributed by atoms with Gasteiger partial charge >= 0.3 is 0 Å². The van der Waals surface area contributed by atoms with Crippen LogP contribution in [-0.4, -0.2) is 36.1 Å². The molecular formula is C17H32N2. The minimum absolute atomic E-state index is 0.480. The molecule has 0 spiro atoms. The molecule has 1 heterocycles. The standard InChI is InChI=1S/C17H32N2/c1-4-18-16-15(9-11-17(16,2)3)19-12-10-13-7-5-6-8-14(13)19/h13-16,18H,4-12H2,1-3H3. The summed E-state index contributed by atoms with van der Waals surface area (Å²) in [6, 6.07) is 2.44. The first kappa shape index (κ1) is 13.9. The van der Waals surface area contributed by atoms with E-state index < -0.39 is 0 Å². The minimum atomic E-state index is 0.480. The molecule has 110 valence electrons. The molecule has 4 atom stereocenters. The highest BCUT2D eigenvalue weighted by Crippen LogP contribution is 2.45. The lowest BCUT2D eigenvalue weighted by Gasteiger charge is -2.40. The summed E-state index contributed by atoms with van der Waals surface area (Å²) in [7, 11) is 0. The zero-order chi connectivity index (χ0) is 13.5. The molecule has 0 aromatic rings. The summed E-state index contributed by atoms with van der Waals surface area (Å²) in [6.45, 7) is 9.69. The third-order valence-electron chi connectivity index (χ3n) is 6.21. The van der Waals surface area contributed by atoms with Crippen molar-refractivity contribution in [2.75, 3.05) is 13.1 Å². The first-order valence-electron chi connectivity index (χ1n) is 8.62. The van der Waals surface area contributed by atoms with Gasteiger partial charge in [0, 0.05) is 18.1 Å². The van der Waals surface area contributed by atoms with Crippen LogP contribution in [0.15, 0.2) is 0 Å². The Balaban J connectivity index is 1.74. The zero-order valence-electron chi connectivity index (χ0n) is 13.1. The molecule has 19 heavy (non-hydrogen) atoms. The van der Waals surface area contributed by atoms with Crippen LogP contribution in [0.1, 0.15) is 65.7 Å². The first-order valence-corrected chi connectivity index (χ1v) is 8.62. The van der Waals surface area contributed by atoms with Gasteiger partial charge < -0.3 is 5.32 Å². The van der Waals surface area contributed by atoms with Crippen LogP contribution in [0.4, 0.5) is 0 Å². The lowest BCUT2D eigenvalue weighted by atomic mass is 9.83. The van der Waals surface area contributed by atoms with E-state index in [4.69, 9.17) is 0 Å². The Morgan fingerprint density at radius 1 is 1.05 bits per heavy atom. The summed E-state index contributed by atoms with van der Waals surface area (Å²) in [5.74, 6) is 1.03. The van der Waals surface area contributed by atoms with Crippen molar-refractivity contribution in [2.24, 2.45) is 11.3 Å². The Bertz CT molecular complexity index is 312. The summed E-state index contributed by atoms with van der Waals surface area (Å²) in [5, 5.41) is 3.82. The van der Waals surface area contributed by atoms with Crippen LogP contribution >= 0.6 is 0 Å². The molecule has 2 saturated carbocycles. The SMILES string of the molecule is CCNC1C(N2CCC3CCCCC32)CCC1(C)C. The smallest absolute Gasteiger partial charge is 0.0274 e. The van der Waals surface area contributed by atoms with Crippen molar-refractivity contribution in [3.8, 4) is 0 Å². The van der Waals surface area contributed by atoms with E-state index in [2.05, 4.69) is 31.0 Å². The summed E-state index contributed by atoms with van der Waals surface area (Å²) < 4.78 is 0. The highest BCUT2D eigenvalue weighted by molar-refractivity contribution is 5.04. The van der Waals surface area contributed by atoms with Gasteiger partial charge in [-0.3, -0.25) is 4.90 Å². The average molecular weight is 264 g/mol. The quantitative estimate of drug-likeness (QED) is 0.840. The Morgan fingerprint density at radius 3 is 2.63 bits per heavy atom. The largest absolute Gasteiger partial charge is 0.312 e. The molecule has 3 fully saturated rings. The fourth-order valence-electron chi connectivity index (χ4n) is 5.21. The second-order valence-corrected chi connectivity index (χ2v) is 7.77. The molecule has 0 aromatic carbocycles. The van der Waals surface area contributed by atoms with Crippen LogP contribution in [0.3, 0.4) is 0 Å². The van der Waals surface area contributed by atoms with Gasteiger partial charge in [-0.25, -0.2) is 0 Å². The number of hydrogen-bond acceptors (Lipinski definition) is 2. The highest BCUT2D eigenvalue weighted by atomic mass is 15.2. The Kier molecular flexibility index (Phi) is 3.92. The zero-order valence-corrected chi connectivity index (χ0v) is 13.1. The average Bonchev–Trinajstić information content (AvgIpc) is 2.93. The molecule has 0 bridgehead atoms. The molecule has 0 aromatic heterocycles. The van der Waals surface area contributed by atoms with Gasteiger partial charge in [0.25, 0.3) is 0 Å². The van der Waals surface area contributed by atoms with E-state index >= 15 is 0 Å². The van der Waals surface area contributed by atoms with Gasteiger partial charge in [0.1, 0.15) is 0 Å². The predicted molar refractivity (Wildman–Crippen MR) is 81.3 cm³/mol. The third kappa shape index (κ3) is 2.47. The number of fused-ring (bicyclic) bond motifs is 1. The third-order valence-corrected chi connectivity index (χ3v) is 6.21. The second-order valence-electron chi connectivity index (χ2n) is 7.77. The van der Waals surface area contributed by atoms with E-state index in [1.54, 1.807) is 0 Å². The fourth-order valence-corrected chi connectivity index (χ4v) is 5.21. The minimum Gasteiger partial charge on any atom is -0.312 e. The summed E-state index contributed by atoms with van der Waals surface area (Å²) in [4.78, 5) is 2.92. The second kappa shape index (κ2) is 5.37. The van der Waals surface area contributed by atoms with Crippen molar-refractivity contribution < 1.29 is 0 Å². The van der Waals surface area contributed by atoms with Crippen molar-refractivity contribution in [3.63, 3.8) is 0 Å². The Morgan fingerprint density at radius 2 is 1.84 bits per heavy atom. The maximum atomic E-state index is 3.82. The van der Waals surface area contributed by atoms with Crippen molar-refractivity contribution in [2.45, 2.75) is 83.8 Å². The van der Waals surface area contributed by atoms with Gasteiger partial charge in [-0.15, -0.1) is 0 Å². The molecule has 0 amide bonds. The summed E-state index contributed by atoms with van der Waals surface area (Å²) in [6.07, 6.45) is 10.2. The lowest BCUT2D eigenvalue weighted by Crippen LogP contribution is -2.53. The van der Waals surface area contributed by atoms with E-state index in [1.807, 2.05) is 0 Å². The van der Waals surface area contributed by atoms with E-state index in [0.29, 0.717) is 11.5 Å². The number of hydrogen-bond donors (Lipinski definition) is 1. The van der Waals surface area contributed by atoms with Crippen LogP contribution in [0.5, 0.6) is 0 Å². The van der Waals surface area contributed by atoms with Crippen LogP contribution in [0, 0.1) is 11.3 Å². The van der Waals surface area contributed by atoms with Crippen molar-refractivity contribution in [1.82, 2.24) is 10.2 Å². The molecule has 3 rings (SSSR count). The normalized spacial score (nSPS) is 42.5. The van der Waals surface area contributed by atoms with Gasteiger partial charge in [-0.1, -0.05) is 33.6 Å². The molecule has 1 saturated heterocycles. The first-order chi connectivity index (χ1) is 9.13. The molecule has 2 heteroatoms. The molecule has 1 aliphatic heterocycles. The maximum absolute atomic E-state index is 3.82. The van der Waals surface area contributed by atoms with Gasteiger partial charge in [0.2, 0.25) is 0 Å². The highest BCUT2D eigenvalue weighted by Gasteiger charge is 2.48. The van der Waals surface area contributed by atoms with Crippen molar-refractivity contribution in [1.29, 1.82) is 0 Å². The van der Waals surface area contributed by atoms with Crippen LogP contribution in [-0.2, 0) is 0 Å². The van der Waals surface area contributed by atoms with E-state index in [-0.39, 0.29) is 0 Å². The molecule has 2 nitrogen and oxygen atoms in total. The monoisotopic (exact) mass is 264 g/mol. The van der Waals surface area contributed by atoms with Gasteiger partial charge in [0.05, 0.1) is 0 Å². The van der Waals surface area contributed by atoms with Gasteiger partial charge in [0.15, 0.2) is 0 Å². The number of rotatable bonds is 3. The molecule has 3 aliphatic rings. The van der Waals surface area contributed by atoms with Crippen molar-refractivity contribution >= 4 is 0 Å². The van der Waals surface area contributed by atoms with E-state index in [9.17, 15) is 0 Å². The van der Waals surface area contributed by atoms with Crippen molar-refractivity contribution in [3.05, 3.63) is 0 Å². The number of likely N-dealkylation sites (tertiary alicyclic amines) is 1. The number of nitrogens with zero attached hydrogens (tertiary/aromatic N) is 1. The molecular weight excluding hydrogens is 232 g/mol. The Hall–Kier alpha value is -0.0800. The van der Waals surface area contributed by atoms with Crippen LogP contribution in [0.25, 0.3) is 0 Å².